The highest BCUT2D eigenvalue weighted by atomic mass is 16.7. The van der Waals surface area contributed by atoms with Crippen molar-refractivity contribution in [3.63, 3.8) is 0 Å². The Morgan fingerprint density at radius 3 is 2.48 bits per heavy atom. The van der Waals surface area contributed by atoms with Gasteiger partial charge in [-0.05, 0) is 6.92 Å². The summed E-state index contributed by atoms with van der Waals surface area (Å²) >= 11 is 0. The Kier molecular flexibility index (Phi) is 5.37. The fraction of sp³-hybridized carbons (Fsp3) is 0.714. The highest BCUT2D eigenvalue weighted by molar-refractivity contribution is 5.86. The normalized spacial score (nSPS) is 39.6. The number of hydrogen-bond donors (Lipinski definition) is 4. The number of aliphatic hydroxyl groups excluding tert-OH is 3. The lowest BCUT2D eigenvalue weighted by atomic mass is 10.0. The van der Waals surface area contributed by atoms with Crippen molar-refractivity contribution in [2.75, 3.05) is 6.61 Å². The van der Waals surface area contributed by atoms with Gasteiger partial charge in [0.2, 0.25) is 0 Å². The Morgan fingerprint density at radius 2 is 1.91 bits per heavy atom. The molecule has 4 N–H and O–H groups in total. The molecule has 130 valence electrons. The van der Waals surface area contributed by atoms with E-state index < -0.39 is 54.7 Å². The number of ether oxygens (including phenoxy) is 3. The van der Waals surface area contributed by atoms with Gasteiger partial charge in [0, 0.05) is 12.0 Å². The maximum Gasteiger partial charge on any atom is 0.335 e. The van der Waals surface area contributed by atoms with E-state index in [0.29, 0.717) is 0 Å². The van der Waals surface area contributed by atoms with Crippen LogP contribution in [0.15, 0.2) is 12.2 Å². The van der Waals surface area contributed by atoms with Crippen LogP contribution >= 0.6 is 0 Å². The van der Waals surface area contributed by atoms with Crippen LogP contribution in [0.1, 0.15) is 13.3 Å². The van der Waals surface area contributed by atoms with Gasteiger partial charge in [-0.15, -0.1) is 0 Å². The van der Waals surface area contributed by atoms with E-state index in [4.69, 9.17) is 19.3 Å². The van der Waals surface area contributed by atoms with Crippen LogP contribution < -0.4 is 0 Å². The van der Waals surface area contributed by atoms with Crippen molar-refractivity contribution in [2.45, 2.75) is 50.2 Å². The van der Waals surface area contributed by atoms with Crippen molar-refractivity contribution in [3.8, 4) is 0 Å². The van der Waals surface area contributed by atoms with Gasteiger partial charge in [0.15, 0.2) is 12.4 Å². The number of carbonyl (C=O) groups is 2. The highest BCUT2D eigenvalue weighted by Gasteiger charge is 2.54. The summed E-state index contributed by atoms with van der Waals surface area (Å²) in [5.74, 6) is -2.47. The van der Waals surface area contributed by atoms with Crippen molar-refractivity contribution in [1.29, 1.82) is 0 Å². The Balaban J connectivity index is 1.84. The van der Waals surface area contributed by atoms with Gasteiger partial charge in [-0.1, -0.05) is 6.58 Å². The molecule has 0 radical (unpaired) electrons. The van der Waals surface area contributed by atoms with Crippen LogP contribution in [0.25, 0.3) is 0 Å². The third-order valence-corrected chi connectivity index (χ3v) is 3.80. The highest BCUT2D eigenvalue weighted by Crippen LogP contribution is 2.37. The predicted octanol–water partition coefficient (Wildman–Crippen LogP) is -1.60. The summed E-state index contributed by atoms with van der Waals surface area (Å²) in [5.41, 5.74) is 0.231. The van der Waals surface area contributed by atoms with E-state index in [1.54, 1.807) is 0 Å². The van der Waals surface area contributed by atoms with Crippen molar-refractivity contribution < 1.29 is 44.2 Å². The lowest BCUT2D eigenvalue weighted by Crippen LogP contribution is -2.52. The van der Waals surface area contributed by atoms with Gasteiger partial charge in [-0.3, -0.25) is 0 Å². The van der Waals surface area contributed by atoms with E-state index in [9.17, 15) is 24.9 Å². The van der Waals surface area contributed by atoms with Gasteiger partial charge in [0.25, 0.3) is 0 Å². The van der Waals surface area contributed by atoms with Gasteiger partial charge < -0.3 is 34.6 Å². The first-order chi connectivity index (χ1) is 10.7. The number of aliphatic hydroxyl groups is 3. The molecule has 0 aromatic rings. The number of carboxylic acid groups (broad SMARTS) is 1. The van der Waals surface area contributed by atoms with Crippen LogP contribution in [-0.4, -0.2) is 75.8 Å². The number of carbonyl (C=O) groups excluding carboxylic acids is 1. The second kappa shape index (κ2) is 6.93. The van der Waals surface area contributed by atoms with Crippen LogP contribution in [-0.2, 0) is 23.8 Å². The smallest absolute Gasteiger partial charge is 0.335 e. The summed E-state index contributed by atoms with van der Waals surface area (Å²) in [5, 5.41) is 37.9. The minimum absolute atomic E-state index is 0.0716. The van der Waals surface area contributed by atoms with Crippen LogP contribution in [0.4, 0.5) is 0 Å². The number of rotatable bonds is 6. The summed E-state index contributed by atoms with van der Waals surface area (Å²) < 4.78 is 15.4. The van der Waals surface area contributed by atoms with E-state index in [2.05, 4.69) is 6.58 Å². The summed E-state index contributed by atoms with van der Waals surface area (Å²) in [6.45, 7) is 4.85. The molecule has 0 bridgehead atoms. The van der Waals surface area contributed by atoms with Crippen molar-refractivity contribution in [3.05, 3.63) is 12.2 Å². The molecule has 9 heteroatoms. The lowest BCUT2D eigenvalue weighted by molar-refractivity contribution is -0.257. The van der Waals surface area contributed by atoms with Crippen LogP contribution in [0.2, 0.25) is 0 Å². The zero-order valence-electron chi connectivity index (χ0n) is 12.5. The summed E-state index contributed by atoms with van der Waals surface area (Å²) in [6.07, 6.45) is -7.28. The van der Waals surface area contributed by atoms with Gasteiger partial charge in [0.05, 0.1) is 30.8 Å². The minimum Gasteiger partial charge on any atom is -0.479 e. The molecule has 0 spiro atoms. The van der Waals surface area contributed by atoms with E-state index in [1.165, 1.54) is 6.92 Å². The van der Waals surface area contributed by atoms with Gasteiger partial charge >= 0.3 is 11.9 Å². The van der Waals surface area contributed by atoms with E-state index in [0.717, 1.165) is 0 Å². The number of esters is 1. The fourth-order valence-electron chi connectivity index (χ4n) is 2.30. The number of hydrogen-bond acceptors (Lipinski definition) is 8. The number of carboxylic acids is 1. The molecule has 23 heavy (non-hydrogen) atoms. The Hall–Kier alpha value is -1.52. The molecular formula is C14H20O9. The quantitative estimate of drug-likeness (QED) is 0.334. The zero-order chi connectivity index (χ0) is 17.3. The van der Waals surface area contributed by atoms with Crippen LogP contribution in [0.3, 0.4) is 0 Å². The Bertz CT molecular complexity index is 491. The topological polar surface area (TPSA) is 143 Å². The summed E-state index contributed by atoms with van der Waals surface area (Å²) in [4.78, 5) is 22.2. The molecule has 0 aromatic heterocycles. The standard InChI is InChI=1S/C14H20O9/c1-5(2)14(20)21-4-6-9(16)11(6)22-8-3-7(15)10(17)12(23-8)13(18)19/h6-12,15-17H,1,3-4H2,2H3,(H,18,19)/t6?,7-,8?,9?,10?,11?,12?/m1/s1. The molecule has 1 saturated carbocycles. The molecule has 1 saturated heterocycles. The average molecular weight is 332 g/mol. The van der Waals surface area contributed by atoms with Crippen LogP contribution in [0, 0.1) is 5.92 Å². The Morgan fingerprint density at radius 1 is 1.26 bits per heavy atom. The third kappa shape index (κ3) is 4.06. The van der Waals surface area contributed by atoms with E-state index in [1.807, 2.05) is 0 Å². The molecule has 1 aliphatic heterocycles. The summed E-state index contributed by atoms with van der Waals surface area (Å²) in [7, 11) is 0. The maximum atomic E-state index is 11.3. The van der Waals surface area contributed by atoms with Gasteiger partial charge in [-0.25, -0.2) is 9.59 Å². The second-order valence-corrected chi connectivity index (χ2v) is 5.75. The maximum absolute atomic E-state index is 11.3. The largest absolute Gasteiger partial charge is 0.479 e. The van der Waals surface area contributed by atoms with Crippen molar-refractivity contribution in [1.82, 2.24) is 0 Å². The fourth-order valence-corrected chi connectivity index (χ4v) is 2.30. The SMILES string of the molecule is C=C(C)C(=O)OCC1C(O)C1OC1C[C@@H](O)C(O)C(C(=O)O)O1. The monoisotopic (exact) mass is 332 g/mol. The second-order valence-electron chi connectivity index (χ2n) is 5.75. The first-order valence-electron chi connectivity index (χ1n) is 7.13. The average Bonchev–Trinajstić information content (AvgIpc) is 3.08. The van der Waals surface area contributed by atoms with Crippen molar-refractivity contribution in [2.24, 2.45) is 5.92 Å². The van der Waals surface area contributed by atoms with E-state index >= 15 is 0 Å². The molecule has 6 unspecified atom stereocenters. The molecule has 2 fully saturated rings. The minimum atomic E-state index is -1.61. The predicted molar refractivity (Wildman–Crippen MR) is 73.1 cm³/mol. The van der Waals surface area contributed by atoms with Gasteiger partial charge in [0.1, 0.15) is 6.10 Å². The molecule has 1 aliphatic carbocycles. The molecule has 2 rings (SSSR count). The van der Waals surface area contributed by atoms with Gasteiger partial charge in [-0.2, -0.15) is 0 Å². The molecule has 2 aliphatic rings. The van der Waals surface area contributed by atoms with E-state index in [-0.39, 0.29) is 18.6 Å². The first-order valence-corrected chi connectivity index (χ1v) is 7.13. The third-order valence-electron chi connectivity index (χ3n) is 3.80. The molecule has 9 nitrogen and oxygen atoms in total. The molecule has 0 amide bonds. The number of aliphatic carboxylic acids is 1. The zero-order valence-corrected chi connectivity index (χ0v) is 12.5. The molecule has 1 heterocycles. The molecule has 7 atom stereocenters. The molecular weight excluding hydrogens is 312 g/mol. The van der Waals surface area contributed by atoms with Crippen molar-refractivity contribution >= 4 is 11.9 Å². The molecule has 0 aromatic carbocycles. The summed E-state index contributed by atoms with van der Waals surface area (Å²) in [6, 6.07) is 0. The first kappa shape index (κ1) is 17.8. The Labute approximate surface area is 132 Å². The lowest BCUT2D eigenvalue weighted by Gasteiger charge is -2.34. The van der Waals surface area contributed by atoms with Crippen LogP contribution in [0.5, 0.6) is 0 Å².